The second-order valence-corrected chi connectivity index (χ2v) is 3.08. The van der Waals surface area contributed by atoms with Crippen LogP contribution in [-0.4, -0.2) is 32.0 Å². The molecule has 3 N–H and O–H groups in total. The lowest BCUT2D eigenvalue weighted by molar-refractivity contribution is 0.0470. The Kier molecular flexibility index (Phi) is 2.60. The topological polar surface area (TPSA) is 101 Å². The van der Waals surface area contributed by atoms with Crippen molar-refractivity contribution in [1.29, 1.82) is 5.26 Å². The van der Waals surface area contributed by atoms with Crippen LogP contribution in [0, 0.1) is 11.3 Å². The van der Waals surface area contributed by atoms with Crippen molar-refractivity contribution in [2.24, 2.45) is 5.73 Å². The van der Waals surface area contributed by atoms with Gasteiger partial charge in [-0.25, -0.2) is 9.67 Å². The molecule has 1 aromatic rings. The number of nitrogens with zero attached hydrogens (tertiary/aromatic N) is 4. The normalized spacial score (nSPS) is 14.9. The first kappa shape index (κ1) is 9.64. The molecule has 0 aromatic carbocycles. The summed E-state index contributed by atoms with van der Waals surface area (Å²) in [5, 5.41) is 21.8. The van der Waals surface area contributed by atoms with E-state index >= 15 is 0 Å². The average Bonchev–Trinajstić information content (AvgIpc) is 2.52. The SMILES string of the molecule is CC(O)(CN)Cn1cnc(C#N)n1. The highest BCUT2D eigenvalue weighted by atomic mass is 16.3. The predicted molar refractivity (Wildman–Crippen MR) is 44.4 cm³/mol. The van der Waals surface area contributed by atoms with Crippen LogP contribution in [0.25, 0.3) is 0 Å². The molecule has 0 aliphatic heterocycles. The quantitative estimate of drug-likeness (QED) is 0.613. The van der Waals surface area contributed by atoms with Gasteiger partial charge < -0.3 is 10.8 Å². The molecule has 1 heterocycles. The van der Waals surface area contributed by atoms with E-state index in [1.165, 1.54) is 11.0 Å². The lowest BCUT2D eigenvalue weighted by Gasteiger charge is -2.19. The predicted octanol–water partition coefficient (Wildman–Crippen LogP) is -1.14. The van der Waals surface area contributed by atoms with Crippen LogP contribution in [0.5, 0.6) is 0 Å². The van der Waals surface area contributed by atoms with E-state index in [2.05, 4.69) is 10.1 Å². The molecule has 1 unspecified atom stereocenters. The van der Waals surface area contributed by atoms with Crippen LogP contribution in [0.2, 0.25) is 0 Å². The van der Waals surface area contributed by atoms with Crippen molar-refractivity contribution in [3.05, 3.63) is 12.2 Å². The van der Waals surface area contributed by atoms with Gasteiger partial charge in [0.1, 0.15) is 12.4 Å². The first-order valence-corrected chi connectivity index (χ1v) is 3.79. The Morgan fingerprint density at radius 1 is 1.85 bits per heavy atom. The molecule has 0 spiro atoms. The summed E-state index contributed by atoms with van der Waals surface area (Å²) in [5.41, 5.74) is 4.30. The summed E-state index contributed by atoms with van der Waals surface area (Å²) in [6.07, 6.45) is 1.39. The Morgan fingerprint density at radius 3 is 3.00 bits per heavy atom. The molecule has 70 valence electrons. The van der Waals surface area contributed by atoms with Crippen molar-refractivity contribution in [3.63, 3.8) is 0 Å². The zero-order valence-corrected chi connectivity index (χ0v) is 7.30. The Bertz CT molecular complexity index is 324. The molecule has 0 saturated carbocycles. The summed E-state index contributed by atoms with van der Waals surface area (Å²) in [6, 6.07) is 1.80. The fourth-order valence-electron chi connectivity index (χ4n) is 0.836. The molecule has 6 nitrogen and oxygen atoms in total. The van der Waals surface area contributed by atoms with E-state index in [1.807, 2.05) is 0 Å². The minimum atomic E-state index is -1.01. The Labute approximate surface area is 75.6 Å². The van der Waals surface area contributed by atoms with Crippen LogP contribution < -0.4 is 5.73 Å². The smallest absolute Gasteiger partial charge is 0.252 e. The Balaban J connectivity index is 2.70. The number of hydrogen-bond acceptors (Lipinski definition) is 5. The average molecular weight is 181 g/mol. The highest BCUT2D eigenvalue weighted by Gasteiger charge is 2.19. The van der Waals surface area contributed by atoms with Gasteiger partial charge in [-0.1, -0.05) is 0 Å². The summed E-state index contributed by atoms with van der Waals surface area (Å²) < 4.78 is 1.39. The third-order valence-electron chi connectivity index (χ3n) is 1.58. The van der Waals surface area contributed by atoms with Gasteiger partial charge in [-0.15, -0.1) is 5.10 Å². The minimum Gasteiger partial charge on any atom is -0.387 e. The van der Waals surface area contributed by atoms with Crippen molar-refractivity contribution in [1.82, 2.24) is 14.8 Å². The molecule has 1 aromatic heterocycles. The van der Waals surface area contributed by atoms with Gasteiger partial charge in [-0.05, 0) is 6.92 Å². The van der Waals surface area contributed by atoms with E-state index in [4.69, 9.17) is 11.0 Å². The molecular weight excluding hydrogens is 170 g/mol. The number of nitrogens with two attached hydrogens (primary N) is 1. The molecule has 6 heteroatoms. The van der Waals surface area contributed by atoms with Crippen LogP contribution in [0.3, 0.4) is 0 Å². The van der Waals surface area contributed by atoms with Crippen LogP contribution in [-0.2, 0) is 6.54 Å². The van der Waals surface area contributed by atoms with E-state index in [0.29, 0.717) is 0 Å². The highest BCUT2D eigenvalue weighted by molar-refractivity contribution is 5.05. The third kappa shape index (κ3) is 2.50. The summed E-state index contributed by atoms with van der Waals surface area (Å²) in [4.78, 5) is 3.69. The molecule has 0 saturated heterocycles. The standard InChI is InChI=1S/C7H11N5O/c1-7(13,3-9)4-12-5-10-6(2-8)11-12/h5,13H,3-4,9H2,1H3. The van der Waals surface area contributed by atoms with Crippen molar-refractivity contribution in [2.75, 3.05) is 6.54 Å². The molecule has 0 bridgehead atoms. The van der Waals surface area contributed by atoms with Crippen molar-refractivity contribution in [3.8, 4) is 6.07 Å². The number of rotatable bonds is 3. The maximum Gasteiger partial charge on any atom is 0.252 e. The minimum absolute atomic E-state index is 0.0906. The third-order valence-corrected chi connectivity index (χ3v) is 1.58. The first-order valence-electron chi connectivity index (χ1n) is 3.79. The number of aromatic nitrogens is 3. The maximum absolute atomic E-state index is 9.56. The maximum atomic E-state index is 9.56. The molecular formula is C7H11N5O. The molecule has 0 radical (unpaired) electrons. The van der Waals surface area contributed by atoms with Crippen LogP contribution in [0.4, 0.5) is 0 Å². The summed E-state index contributed by atoms with van der Waals surface area (Å²) in [5.74, 6) is 0.0906. The monoisotopic (exact) mass is 181 g/mol. The van der Waals surface area contributed by atoms with Crippen molar-refractivity contribution >= 4 is 0 Å². The molecule has 13 heavy (non-hydrogen) atoms. The largest absolute Gasteiger partial charge is 0.387 e. The van der Waals surface area contributed by atoms with E-state index in [-0.39, 0.29) is 18.9 Å². The lowest BCUT2D eigenvalue weighted by Crippen LogP contribution is -2.38. The lowest BCUT2D eigenvalue weighted by atomic mass is 10.1. The van der Waals surface area contributed by atoms with Crippen molar-refractivity contribution in [2.45, 2.75) is 19.1 Å². The second-order valence-electron chi connectivity index (χ2n) is 3.08. The van der Waals surface area contributed by atoms with Crippen LogP contribution in [0.15, 0.2) is 6.33 Å². The Hall–Kier alpha value is -1.45. The van der Waals surface area contributed by atoms with Gasteiger partial charge in [0.05, 0.1) is 12.1 Å². The number of nitriles is 1. The van der Waals surface area contributed by atoms with Gasteiger partial charge in [0.2, 0.25) is 0 Å². The van der Waals surface area contributed by atoms with Crippen LogP contribution in [0.1, 0.15) is 12.7 Å². The zero-order valence-electron chi connectivity index (χ0n) is 7.30. The molecule has 0 amide bonds. The highest BCUT2D eigenvalue weighted by Crippen LogP contribution is 2.03. The molecule has 1 rings (SSSR count). The summed E-state index contributed by atoms with van der Waals surface area (Å²) in [7, 11) is 0. The number of hydrogen-bond donors (Lipinski definition) is 2. The summed E-state index contributed by atoms with van der Waals surface area (Å²) in [6.45, 7) is 1.97. The molecule has 0 aliphatic carbocycles. The van der Waals surface area contributed by atoms with E-state index in [1.54, 1.807) is 13.0 Å². The fraction of sp³-hybridized carbons (Fsp3) is 0.571. The van der Waals surface area contributed by atoms with E-state index in [9.17, 15) is 5.11 Å². The van der Waals surface area contributed by atoms with Gasteiger partial charge in [-0.3, -0.25) is 0 Å². The first-order chi connectivity index (χ1) is 6.07. The zero-order chi connectivity index (χ0) is 9.90. The van der Waals surface area contributed by atoms with Crippen molar-refractivity contribution < 1.29 is 5.11 Å². The van der Waals surface area contributed by atoms with E-state index < -0.39 is 5.60 Å². The van der Waals surface area contributed by atoms with Gasteiger partial charge in [0.15, 0.2) is 0 Å². The molecule has 1 atom stereocenters. The second kappa shape index (κ2) is 3.51. The molecule has 0 fully saturated rings. The van der Waals surface area contributed by atoms with Gasteiger partial charge >= 0.3 is 0 Å². The van der Waals surface area contributed by atoms with Crippen LogP contribution >= 0.6 is 0 Å². The Morgan fingerprint density at radius 2 is 2.54 bits per heavy atom. The van der Waals surface area contributed by atoms with Gasteiger partial charge in [0, 0.05) is 6.54 Å². The van der Waals surface area contributed by atoms with Gasteiger partial charge in [-0.2, -0.15) is 5.26 Å². The molecule has 0 aliphatic rings. The summed E-state index contributed by atoms with van der Waals surface area (Å²) >= 11 is 0. The van der Waals surface area contributed by atoms with E-state index in [0.717, 1.165) is 0 Å². The number of aliphatic hydroxyl groups is 1. The van der Waals surface area contributed by atoms with Gasteiger partial charge in [0.25, 0.3) is 5.82 Å². The fourth-order valence-corrected chi connectivity index (χ4v) is 0.836.